The fourth-order valence-corrected chi connectivity index (χ4v) is 5.18. The minimum absolute atomic E-state index is 0.00458. The number of aromatic hydroxyl groups is 1. The lowest BCUT2D eigenvalue weighted by Gasteiger charge is -2.23. The van der Waals surface area contributed by atoms with Crippen LogP contribution in [0, 0.1) is 19.8 Å². The van der Waals surface area contributed by atoms with Crippen LogP contribution in [0.5, 0.6) is 5.75 Å². The van der Waals surface area contributed by atoms with Crippen LogP contribution >= 0.6 is 0 Å². The van der Waals surface area contributed by atoms with Crippen LogP contribution < -0.4 is 10.6 Å². The number of anilines is 1. The normalized spacial score (nSPS) is 17.4. The van der Waals surface area contributed by atoms with Gasteiger partial charge in [-0.15, -0.1) is 8.80 Å². The Morgan fingerprint density at radius 3 is 2.25 bits per heavy atom. The summed E-state index contributed by atoms with van der Waals surface area (Å²) in [7, 11) is -2.63. The van der Waals surface area contributed by atoms with Gasteiger partial charge in [-0.25, -0.2) is 16.9 Å². The number of hydrogen-bond donors (Lipinski definition) is 3. The van der Waals surface area contributed by atoms with Gasteiger partial charge in [-0.3, -0.25) is 0 Å². The van der Waals surface area contributed by atoms with Crippen molar-refractivity contribution >= 4 is 38.6 Å². The monoisotopic (exact) mass is 549 g/mol. The molecule has 0 bridgehead atoms. The number of phenols is 1. The lowest BCUT2D eigenvalue weighted by Crippen LogP contribution is -2.38. The van der Waals surface area contributed by atoms with Gasteiger partial charge in [0.25, 0.3) is 11.2 Å². The number of hydrogen-bond acceptors (Lipinski definition) is 7. The van der Waals surface area contributed by atoms with E-state index in [1.54, 1.807) is 6.92 Å². The number of phenolic OH excluding ortho intramolecular Hbond substituents is 1. The Kier molecular flexibility index (Phi) is 7.58. The van der Waals surface area contributed by atoms with Gasteiger partial charge in [0.15, 0.2) is 17.4 Å². The van der Waals surface area contributed by atoms with Gasteiger partial charge in [0.2, 0.25) is 10.0 Å². The number of nitrogens with zero attached hydrogens (tertiary/aromatic N) is 3. The van der Waals surface area contributed by atoms with Crippen LogP contribution in [-0.4, -0.2) is 47.8 Å². The molecule has 1 unspecified atom stereocenters. The zero-order valence-corrected chi connectivity index (χ0v) is 21.9. The van der Waals surface area contributed by atoms with Crippen LogP contribution in [0.4, 0.5) is 18.9 Å². The van der Waals surface area contributed by atoms with E-state index in [-0.39, 0.29) is 17.6 Å². The summed E-state index contributed by atoms with van der Waals surface area (Å²) < 4.78 is 92.2. The number of sulfonamides is 1. The Bertz CT molecular complexity index is 1350. The molecule has 2 atom stereocenters. The average Bonchev–Trinajstić information content (AvgIpc) is 3.26. The van der Waals surface area contributed by atoms with E-state index in [4.69, 9.17) is 4.42 Å². The molecule has 0 amide bonds. The predicted molar refractivity (Wildman–Crippen MR) is 130 cm³/mol. The van der Waals surface area contributed by atoms with E-state index >= 15 is 0 Å². The Morgan fingerprint density at radius 1 is 1.14 bits per heavy atom. The standard InChI is InChI=1S/C21H26F3N5O5S2/c1-10(2)16(15-9-11(3)12(4)34-15)26-20-19(27-35(31)28-20)25-14-8-7-13(21(22,23)24)18(17(14)30)36(32,33)29(5)6/h7-10,16,30H,1-6H3,(H,25,27)(H,26,28)/t16-,35?/m1/s1. The first kappa shape index (κ1) is 27.7. The van der Waals surface area contributed by atoms with E-state index in [9.17, 15) is 30.9 Å². The Labute approximate surface area is 209 Å². The maximum Gasteiger partial charge on any atom is 0.417 e. The topological polar surface area (TPSA) is 137 Å². The molecular formula is C21H26F3N5O5S2. The first-order chi connectivity index (χ1) is 16.5. The highest BCUT2D eigenvalue weighted by molar-refractivity contribution is 7.89. The third kappa shape index (κ3) is 5.42. The van der Waals surface area contributed by atoms with E-state index in [0.29, 0.717) is 21.9 Å². The summed E-state index contributed by atoms with van der Waals surface area (Å²) in [4.78, 5) is -1.32. The summed E-state index contributed by atoms with van der Waals surface area (Å²) in [5.41, 5.74) is -1.02. The molecule has 1 aliphatic rings. The SMILES string of the molecule is Cc1cc([C@H](NC2=NS(=O)N=C2Nc2ccc(C(F)(F)F)c(S(=O)(=O)N(C)C)c2O)C(C)C)oc1C. The van der Waals surface area contributed by atoms with Gasteiger partial charge in [-0.05, 0) is 43.5 Å². The van der Waals surface area contributed by atoms with E-state index in [0.717, 1.165) is 25.7 Å². The number of rotatable bonds is 6. The van der Waals surface area contributed by atoms with Crippen LogP contribution in [0.1, 0.15) is 42.5 Å². The lowest BCUT2D eigenvalue weighted by atomic mass is 10.0. The zero-order valence-electron chi connectivity index (χ0n) is 20.3. The number of furan rings is 1. The molecule has 3 rings (SSSR count). The van der Waals surface area contributed by atoms with Gasteiger partial charge >= 0.3 is 6.18 Å². The van der Waals surface area contributed by atoms with Crippen molar-refractivity contribution < 1.29 is 35.3 Å². The molecule has 15 heteroatoms. The molecule has 2 heterocycles. The number of nitrogens with one attached hydrogen (secondary N) is 2. The van der Waals surface area contributed by atoms with E-state index in [2.05, 4.69) is 19.4 Å². The largest absolute Gasteiger partial charge is 0.504 e. The number of benzene rings is 1. The molecule has 0 radical (unpaired) electrons. The Hall–Kier alpha value is -2.91. The Balaban J connectivity index is 2.01. The number of alkyl halides is 3. The van der Waals surface area contributed by atoms with Crippen LogP contribution in [0.25, 0.3) is 0 Å². The number of amidine groups is 2. The third-order valence-corrected chi connectivity index (χ3v) is 8.01. The van der Waals surface area contributed by atoms with E-state index < -0.39 is 55.3 Å². The van der Waals surface area contributed by atoms with Gasteiger partial charge < -0.3 is 20.2 Å². The Morgan fingerprint density at radius 2 is 1.75 bits per heavy atom. The highest BCUT2D eigenvalue weighted by Crippen LogP contribution is 2.43. The van der Waals surface area contributed by atoms with Crippen LogP contribution in [0.3, 0.4) is 0 Å². The molecule has 3 N–H and O–H groups in total. The maximum absolute atomic E-state index is 13.6. The second-order valence-corrected chi connectivity index (χ2v) is 11.5. The van der Waals surface area contributed by atoms with Crippen molar-refractivity contribution in [1.29, 1.82) is 0 Å². The van der Waals surface area contributed by atoms with E-state index in [1.807, 2.05) is 26.8 Å². The van der Waals surface area contributed by atoms with Crippen molar-refractivity contribution in [1.82, 2.24) is 9.62 Å². The van der Waals surface area contributed by atoms with Gasteiger partial charge in [-0.2, -0.15) is 13.2 Å². The second kappa shape index (κ2) is 9.86. The van der Waals surface area contributed by atoms with Crippen molar-refractivity contribution in [2.24, 2.45) is 14.7 Å². The number of halogens is 3. The summed E-state index contributed by atoms with van der Waals surface area (Å²) in [6, 6.07) is 2.78. The molecule has 2 aromatic rings. The van der Waals surface area contributed by atoms with Gasteiger partial charge in [-0.1, -0.05) is 13.8 Å². The molecule has 0 fully saturated rings. The molecule has 1 aliphatic heterocycles. The summed E-state index contributed by atoms with van der Waals surface area (Å²) in [6.45, 7) is 7.49. The van der Waals surface area contributed by atoms with Crippen molar-refractivity contribution in [2.45, 2.75) is 44.8 Å². The molecule has 36 heavy (non-hydrogen) atoms. The molecule has 10 nitrogen and oxygen atoms in total. The summed E-state index contributed by atoms with van der Waals surface area (Å²) in [5.74, 6) is -0.0836. The molecule has 1 aromatic carbocycles. The van der Waals surface area contributed by atoms with Crippen LogP contribution in [0.15, 0.2) is 36.3 Å². The zero-order chi connectivity index (χ0) is 27.2. The lowest BCUT2D eigenvalue weighted by molar-refractivity contribution is -0.140. The fraction of sp³-hybridized carbons (Fsp3) is 0.429. The maximum atomic E-state index is 13.6. The summed E-state index contributed by atoms with van der Waals surface area (Å²) in [6.07, 6.45) is -5.06. The molecule has 0 saturated carbocycles. The first-order valence-electron chi connectivity index (χ1n) is 10.6. The van der Waals surface area contributed by atoms with Crippen LogP contribution in [0.2, 0.25) is 0 Å². The van der Waals surface area contributed by atoms with E-state index in [1.165, 1.54) is 0 Å². The quantitative estimate of drug-likeness (QED) is 0.468. The molecular weight excluding hydrogens is 523 g/mol. The fourth-order valence-electron chi connectivity index (χ4n) is 3.37. The van der Waals surface area contributed by atoms with Crippen molar-refractivity contribution in [3.05, 3.63) is 40.8 Å². The molecule has 1 aromatic heterocycles. The first-order valence-corrected chi connectivity index (χ1v) is 13.1. The molecule has 0 aliphatic carbocycles. The predicted octanol–water partition coefficient (Wildman–Crippen LogP) is 3.66. The highest BCUT2D eigenvalue weighted by Gasteiger charge is 2.41. The van der Waals surface area contributed by atoms with Gasteiger partial charge in [0, 0.05) is 14.1 Å². The smallest absolute Gasteiger partial charge is 0.417 e. The second-order valence-electron chi connectivity index (χ2n) is 8.61. The number of aryl methyl sites for hydroxylation is 2. The van der Waals surface area contributed by atoms with Crippen molar-refractivity contribution in [2.75, 3.05) is 19.4 Å². The highest BCUT2D eigenvalue weighted by atomic mass is 32.2. The minimum atomic E-state index is -5.06. The van der Waals surface area contributed by atoms with Crippen molar-refractivity contribution in [3.8, 4) is 5.75 Å². The summed E-state index contributed by atoms with van der Waals surface area (Å²) in [5, 5.41) is 16.3. The molecule has 0 spiro atoms. The average molecular weight is 550 g/mol. The molecule has 0 saturated heterocycles. The summed E-state index contributed by atoms with van der Waals surface area (Å²) >= 11 is -2.06. The van der Waals surface area contributed by atoms with Gasteiger partial charge in [0.1, 0.15) is 16.4 Å². The third-order valence-electron chi connectivity index (χ3n) is 5.44. The van der Waals surface area contributed by atoms with Crippen molar-refractivity contribution in [3.63, 3.8) is 0 Å². The van der Waals surface area contributed by atoms with Gasteiger partial charge in [0.05, 0.1) is 17.3 Å². The molecule has 198 valence electrons. The van der Waals surface area contributed by atoms with Crippen LogP contribution in [-0.2, 0) is 27.4 Å². The minimum Gasteiger partial charge on any atom is -0.504 e.